The van der Waals surface area contributed by atoms with Crippen molar-refractivity contribution >= 4 is 34.5 Å². The molecule has 5 nitrogen and oxygen atoms in total. The zero-order valence-electron chi connectivity index (χ0n) is 13.6. The van der Waals surface area contributed by atoms with E-state index in [1.54, 1.807) is 13.8 Å². The fourth-order valence-corrected chi connectivity index (χ4v) is 5.26. The Labute approximate surface area is 146 Å². The number of nitrogens with zero attached hydrogens (tertiary/aromatic N) is 1. The SMILES string of the molecule is CCOC(=O)C1(C(=O)OCC)CC(CI)[N+]2(CCCCC2)C1. The van der Waals surface area contributed by atoms with Crippen LogP contribution in [0.5, 0.6) is 0 Å². The molecule has 0 bridgehead atoms. The first-order chi connectivity index (χ1) is 10.5. The van der Waals surface area contributed by atoms with Crippen molar-refractivity contribution in [2.45, 2.75) is 45.6 Å². The van der Waals surface area contributed by atoms with Crippen molar-refractivity contribution in [2.75, 3.05) is 37.3 Å². The standard InChI is InChI=1S/C16H27INO4/c1-3-21-14(19)16(15(20)22-4-2)10-13(11-17)18(12-16)8-6-5-7-9-18/h13H,3-12H2,1-2H3/q+1. The van der Waals surface area contributed by atoms with Gasteiger partial charge in [0.05, 0.1) is 30.7 Å². The van der Waals surface area contributed by atoms with Crippen molar-refractivity contribution in [2.24, 2.45) is 5.41 Å². The van der Waals surface area contributed by atoms with Gasteiger partial charge in [0.25, 0.3) is 0 Å². The Bertz CT molecular complexity index is 402. The van der Waals surface area contributed by atoms with E-state index in [9.17, 15) is 9.59 Å². The van der Waals surface area contributed by atoms with E-state index >= 15 is 0 Å². The van der Waals surface area contributed by atoms with Crippen LogP contribution in [0.25, 0.3) is 0 Å². The zero-order chi connectivity index (χ0) is 16.2. The van der Waals surface area contributed by atoms with Crippen molar-refractivity contribution in [1.82, 2.24) is 0 Å². The van der Waals surface area contributed by atoms with E-state index in [1.807, 2.05) is 0 Å². The summed E-state index contributed by atoms with van der Waals surface area (Å²) in [6.07, 6.45) is 4.16. The zero-order valence-corrected chi connectivity index (χ0v) is 15.8. The number of halogens is 1. The molecule has 0 aromatic rings. The average molecular weight is 424 g/mol. The second-order valence-electron chi connectivity index (χ2n) is 6.42. The van der Waals surface area contributed by atoms with Crippen LogP contribution in [-0.2, 0) is 19.1 Å². The van der Waals surface area contributed by atoms with Crippen LogP contribution in [0.15, 0.2) is 0 Å². The number of esters is 2. The van der Waals surface area contributed by atoms with Crippen LogP contribution in [0.4, 0.5) is 0 Å². The van der Waals surface area contributed by atoms with E-state index in [2.05, 4.69) is 22.6 Å². The fraction of sp³-hybridized carbons (Fsp3) is 0.875. The number of ether oxygens (including phenoxy) is 2. The number of quaternary nitrogens is 1. The van der Waals surface area contributed by atoms with Gasteiger partial charge in [-0.25, -0.2) is 0 Å². The molecule has 0 saturated carbocycles. The van der Waals surface area contributed by atoms with Crippen LogP contribution in [-0.4, -0.2) is 59.7 Å². The molecular formula is C16H27INO4+. The molecule has 22 heavy (non-hydrogen) atoms. The maximum Gasteiger partial charge on any atom is 0.329 e. The predicted octanol–water partition coefficient (Wildman–Crippen LogP) is 2.31. The lowest BCUT2D eigenvalue weighted by atomic mass is 9.85. The number of piperidine rings is 1. The Morgan fingerprint density at radius 1 is 1.09 bits per heavy atom. The van der Waals surface area contributed by atoms with Crippen LogP contribution in [0.2, 0.25) is 0 Å². The number of carbonyl (C=O) groups is 2. The van der Waals surface area contributed by atoms with E-state index in [-0.39, 0.29) is 11.9 Å². The number of alkyl halides is 1. The van der Waals surface area contributed by atoms with Gasteiger partial charge in [-0.1, -0.05) is 22.6 Å². The van der Waals surface area contributed by atoms with Crippen LogP contribution in [0, 0.1) is 5.41 Å². The minimum atomic E-state index is -1.10. The molecule has 126 valence electrons. The molecule has 2 rings (SSSR count). The molecular weight excluding hydrogens is 397 g/mol. The maximum absolute atomic E-state index is 12.6. The number of rotatable bonds is 5. The molecule has 0 N–H and O–H groups in total. The molecule has 2 saturated heterocycles. The first kappa shape index (κ1) is 18.0. The molecule has 6 heteroatoms. The van der Waals surface area contributed by atoms with E-state index in [0.717, 1.165) is 22.0 Å². The monoisotopic (exact) mass is 424 g/mol. The second-order valence-corrected chi connectivity index (χ2v) is 7.30. The van der Waals surface area contributed by atoms with Crippen molar-refractivity contribution in [1.29, 1.82) is 0 Å². The Morgan fingerprint density at radius 2 is 1.64 bits per heavy atom. The summed E-state index contributed by atoms with van der Waals surface area (Å²) in [5.41, 5.74) is -1.10. The number of hydrogen-bond donors (Lipinski definition) is 0. The van der Waals surface area contributed by atoms with Crippen molar-refractivity contribution in [3.05, 3.63) is 0 Å². The van der Waals surface area contributed by atoms with Gasteiger partial charge >= 0.3 is 11.9 Å². The van der Waals surface area contributed by atoms with Crippen molar-refractivity contribution < 1.29 is 23.5 Å². The van der Waals surface area contributed by atoms with Crippen molar-refractivity contribution in [3.63, 3.8) is 0 Å². The smallest absolute Gasteiger partial charge is 0.329 e. The van der Waals surface area contributed by atoms with Gasteiger partial charge < -0.3 is 14.0 Å². The minimum Gasteiger partial charge on any atom is -0.465 e. The van der Waals surface area contributed by atoms with Crippen LogP contribution >= 0.6 is 22.6 Å². The molecule has 0 radical (unpaired) electrons. The minimum absolute atomic E-state index is 0.300. The Hall–Kier alpha value is -0.370. The topological polar surface area (TPSA) is 52.6 Å². The van der Waals surface area contributed by atoms with Crippen molar-refractivity contribution in [3.8, 4) is 0 Å². The van der Waals surface area contributed by atoms with Gasteiger partial charge in [-0.3, -0.25) is 9.59 Å². The first-order valence-corrected chi connectivity index (χ1v) is 9.83. The summed E-state index contributed by atoms with van der Waals surface area (Å²) in [4.78, 5) is 25.3. The second kappa shape index (κ2) is 7.47. The van der Waals surface area contributed by atoms with Gasteiger partial charge in [0.2, 0.25) is 5.41 Å². The average Bonchev–Trinajstić information content (AvgIpc) is 2.84. The van der Waals surface area contributed by atoms with E-state index in [4.69, 9.17) is 9.47 Å². The molecule has 0 aliphatic carbocycles. The van der Waals surface area contributed by atoms with Gasteiger partial charge in [-0.2, -0.15) is 0 Å². The lowest BCUT2D eigenvalue weighted by molar-refractivity contribution is -0.942. The van der Waals surface area contributed by atoms with Crippen LogP contribution in [0.1, 0.15) is 39.5 Å². The highest BCUT2D eigenvalue weighted by Crippen LogP contribution is 2.45. The Kier molecular flexibility index (Phi) is 6.10. The highest BCUT2D eigenvalue weighted by Gasteiger charge is 2.64. The summed E-state index contributed by atoms with van der Waals surface area (Å²) in [7, 11) is 0. The lowest BCUT2D eigenvalue weighted by Crippen LogP contribution is -2.57. The summed E-state index contributed by atoms with van der Waals surface area (Å²) >= 11 is 2.39. The quantitative estimate of drug-likeness (QED) is 0.224. The summed E-state index contributed by atoms with van der Waals surface area (Å²) in [6, 6.07) is 0.342. The third kappa shape index (κ3) is 3.13. The molecule has 1 spiro atoms. The highest BCUT2D eigenvalue weighted by molar-refractivity contribution is 14.1. The molecule has 1 unspecified atom stereocenters. The molecule has 2 fully saturated rings. The number of hydrogen-bond acceptors (Lipinski definition) is 4. The normalized spacial score (nSPS) is 25.9. The van der Waals surface area contributed by atoms with E-state index in [1.165, 1.54) is 19.3 Å². The van der Waals surface area contributed by atoms with Gasteiger partial charge in [0.15, 0.2) is 0 Å². The Morgan fingerprint density at radius 3 is 2.09 bits per heavy atom. The molecule has 0 amide bonds. The summed E-state index contributed by atoms with van der Waals surface area (Å²) in [6.45, 7) is 6.85. The summed E-state index contributed by atoms with van der Waals surface area (Å²) in [5, 5.41) is 0. The fourth-order valence-electron chi connectivity index (χ4n) is 4.11. The lowest BCUT2D eigenvalue weighted by Gasteiger charge is -2.42. The Balaban J connectivity index is 2.33. The number of carbonyl (C=O) groups excluding carboxylic acids is 2. The largest absolute Gasteiger partial charge is 0.465 e. The van der Waals surface area contributed by atoms with Crippen LogP contribution in [0.3, 0.4) is 0 Å². The molecule has 0 aromatic heterocycles. The highest BCUT2D eigenvalue weighted by atomic mass is 127. The maximum atomic E-state index is 12.6. The molecule has 2 heterocycles. The molecule has 2 aliphatic heterocycles. The first-order valence-electron chi connectivity index (χ1n) is 8.31. The van der Waals surface area contributed by atoms with Gasteiger partial charge in [0.1, 0.15) is 12.6 Å². The molecule has 0 aromatic carbocycles. The van der Waals surface area contributed by atoms with Gasteiger partial charge in [-0.05, 0) is 33.1 Å². The van der Waals surface area contributed by atoms with Gasteiger partial charge in [-0.15, -0.1) is 0 Å². The summed E-state index contributed by atoms with van der Waals surface area (Å²) < 4.78 is 12.4. The molecule has 1 atom stereocenters. The van der Waals surface area contributed by atoms with Gasteiger partial charge in [0, 0.05) is 6.42 Å². The third-order valence-electron chi connectivity index (χ3n) is 5.16. The molecule has 2 aliphatic rings. The predicted molar refractivity (Wildman–Crippen MR) is 91.7 cm³/mol. The van der Waals surface area contributed by atoms with E-state index in [0.29, 0.717) is 32.2 Å². The van der Waals surface area contributed by atoms with E-state index < -0.39 is 5.41 Å². The summed E-state index contributed by atoms with van der Waals surface area (Å²) in [5.74, 6) is -0.771. The third-order valence-corrected chi connectivity index (χ3v) is 6.18. The van der Waals surface area contributed by atoms with Crippen LogP contribution < -0.4 is 0 Å².